The third-order valence-corrected chi connectivity index (χ3v) is 13.2. The summed E-state index contributed by atoms with van der Waals surface area (Å²) in [6, 6.07) is 2.61. The molecule has 2 atom stereocenters. The zero-order chi connectivity index (χ0) is 14.3. The Morgan fingerprint density at radius 2 is 1.56 bits per heavy atom. The lowest BCUT2D eigenvalue weighted by Crippen LogP contribution is -2.50. The van der Waals surface area contributed by atoms with Crippen LogP contribution in [0, 0.1) is 17.2 Å². The minimum Gasteiger partial charge on any atom is -0.300 e. The van der Waals surface area contributed by atoms with Crippen molar-refractivity contribution in [3.05, 3.63) is 0 Å². The number of rotatable bonds is 5. The van der Waals surface area contributed by atoms with E-state index in [0.717, 1.165) is 6.42 Å². The highest BCUT2D eigenvalue weighted by molar-refractivity contribution is 6.88. The van der Waals surface area contributed by atoms with Gasteiger partial charge in [0.25, 0.3) is 0 Å². The van der Waals surface area contributed by atoms with Crippen molar-refractivity contribution < 1.29 is 4.79 Å². The number of hydrogen-bond acceptors (Lipinski definition) is 2. The lowest BCUT2D eigenvalue weighted by molar-refractivity contribution is -0.118. The van der Waals surface area contributed by atoms with Gasteiger partial charge < -0.3 is 0 Å². The molecule has 3 heteroatoms. The van der Waals surface area contributed by atoms with Crippen LogP contribution in [0.2, 0.25) is 21.7 Å². The van der Waals surface area contributed by atoms with Gasteiger partial charge >= 0.3 is 0 Å². The van der Waals surface area contributed by atoms with Crippen LogP contribution in [0.3, 0.4) is 0 Å². The Labute approximate surface area is 113 Å². The van der Waals surface area contributed by atoms with Crippen LogP contribution in [-0.2, 0) is 4.79 Å². The summed E-state index contributed by atoms with van der Waals surface area (Å²) in [6.45, 7) is 15.2. The molecule has 0 aliphatic heterocycles. The van der Waals surface area contributed by atoms with Gasteiger partial charge in [-0.3, -0.25) is 4.79 Å². The van der Waals surface area contributed by atoms with Gasteiger partial charge in [0.15, 0.2) is 0 Å². The van der Waals surface area contributed by atoms with Crippen LogP contribution in [0.4, 0.5) is 0 Å². The lowest BCUT2D eigenvalue weighted by Gasteiger charge is -2.47. The molecule has 1 rings (SSSR count). The van der Waals surface area contributed by atoms with Gasteiger partial charge in [-0.15, -0.1) is 0 Å². The van der Waals surface area contributed by atoms with E-state index in [1.807, 2.05) is 0 Å². The summed E-state index contributed by atoms with van der Waals surface area (Å²) in [5.74, 6) is 0.233. The van der Waals surface area contributed by atoms with E-state index in [1.54, 1.807) is 6.92 Å². The maximum absolute atomic E-state index is 11.8. The average Bonchev–Trinajstić information content (AvgIpc) is 2.93. The molecular formula is C15H27NOSi. The largest absolute Gasteiger partial charge is 0.300 e. The number of ketones is 1. The summed E-state index contributed by atoms with van der Waals surface area (Å²) in [7, 11) is -1.85. The van der Waals surface area contributed by atoms with Crippen molar-refractivity contribution in [2.24, 2.45) is 5.92 Å². The second-order valence-electron chi connectivity index (χ2n) is 6.85. The monoisotopic (exact) mass is 265 g/mol. The molecule has 0 aromatic rings. The zero-order valence-electron chi connectivity index (χ0n) is 12.9. The molecule has 1 aliphatic rings. The molecule has 0 amide bonds. The van der Waals surface area contributed by atoms with Gasteiger partial charge in [0.2, 0.25) is 0 Å². The summed E-state index contributed by atoms with van der Waals surface area (Å²) in [4.78, 5) is 11.8. The smallest absolute Gasteiger partial charge is 0.134 e. The van der Waals surface area contributed by atoms with Gasteiger partial charge in [-0.1, -0.05) is 41.5 Å². The second-order valence-corrected chi connectivity index (χ2v) is 13.1. The van der Waals surface area contributed by atoms with Crippen LogP contribution in [0.15, 0.2) is 0 Å². The van der Waals surface area contributed by atoms with Gasteiger partial charge in [0, 0.05) is 5.92 Å². The van der Waals surface area contributed by atoms with E-state index >= 15 is 0 Å². The first kappa shape index (κ1) is 15.4. The molecule has 0 radical (unpaired) electrons. The third kappa shape index (κ3) is 1.77. The minimum atomic E-state index is -1.85. The molecule has 0 saturated heterocycles. The molecule has 1 aliphatic carbocycles. The number of nitrogens with zero attached hydrogens (tertiary/aromatic N) is 1. The minimum absolute atomic E-state index is 0.0152. The summed E-state index contributed by atoms with van der Waals surface area (Å²) in [5.41, 5.74) is 1.63. The zero-order valence-corrected chi connectivity index (χ0v) is 13.9. The summed E-state index contributed by atoms with van der Waals surface area (Å²) in [5, 5.41) is 9.49. The molecule has 2 nitrogen and oxygen atoms in total. The molecule has 18 heavy (non-hydrogen) atoms. The summed E-state index contributed by atoms with van der Waals surface area (Å²) in [6.07, 6.45) is 0.819. The maximum atomic E-state index is 11.8. The van der Waals surface area contributed by atoms with E-state index in [-0.39, 0.29) is 16.7 Å². The fourth-order valence-corrected chi connectivity index (χ4v) is 13.6. The highest BCUT2D eigenvalue weighted by Crippen LogP contribution is 2.73. The first-order valence-corrected chi connectivity index (χ1v) is 9.33. The first-order valence-electron chi connectivity index (χ1n) is 7.10. The fraction of sp³-hybridized carbons (Fsp3) is 0.867. The van der Waals surface area contributed by atoms with E-state index in [4.69, 9.17) is 0 Å². The van der Waals surface area contributed by atoms with Crippen LogP contribution in [-0.4, -0.2) is 13.9 Å². The maximum Gasteiger partial charge on any atom is 0.134 e. The lowest BCUT2D eigenvalue weighted by atomic mass is 10.2. The van der Waals surface area contributed by atoms with Crippen molar-refractivity contribution in [1.29, 1.82) is 5.26 Å². The van der Waals surface area contributed by atoms with E-state index in [0.29, 0.717) is 16.6 Å². The Morgan fingerprint density at radius 3 is 1.72 bits per heavy atom. The molecule has 0 bridgehead atoms. The first-order chi connectivity index (χ1) is 8.18. The number of nitriles is 1. The molecule has 1 fully saturated rings. The van der Waals surface area contributed by atoms with Crippen LogP contribution in [0.5, 0.6) is 0 Å². The quantitative estimate of drug-likeness (QED) is 0.685. The number of carbonyl (C=O) groups excluding carboxylic acids is 1. The second kappa shape index (κ2) is 4.81. The van der Waals surface area contributed by atoms with Crippen molar-refractivity contribution in [1.82, 2.24) is 0 Å². The molecule has 0 N–H and O–H groups in total. The highest BCUT2D eigenvalue weighted by atomic mass is 28.3. The number of carbonyl (C=O) groups is 1. The Kier molecular flexibility index (Phi) is 4.12. The van der Waals surface area contributed by atoms with Crippen molar-refractivity contribution in [2.75, 3.05) is 0 Å². The van der Waals surface area contributed by atoms with E-state index in [9.17, 15) is 10.1 Å². The predicted octanol–water partition coefficient (Wildman–Crippen LogP) is 4.54. The van der Waals surface area contributed by atoms with Crippen molar-refractivity contribution >= 4 is 13.9 Å². The van der Waals surface area contributed by atoms with Gasteiger partial charge in [-0.05, 0) is 30.0 Å². The van der Waals surface area contributed by atoms with Gasteiger partial charge in [-0.2, -0.15) is 5.26 Å². The molecule has 0 heterocycles. The Balaban J connectivity index is 3.37. The van der Waals surface area contributed by atoms with E-state index in [2.05, 4.69) is 47.6 Å². The van der Waals surface area contributed by atoms with Gasteiger partial charge in [0.05, 0.1) is 19.2 Å². The SMILES string of the molecule is CC(=O)C1CC1(C#N)[Si](C(C)C)(C(C)C)C(C)C. The number of hydrogen-bond donors (Lipinski definition) is 0. The van der Waals surface area contributed by atoms with Crippen molar-refractivity contribution in [2.45, 2.75) is 76.5 Å². The number of Topliss-reactive ketones (excluding diaryl/α,β-unsaturated/α-hetero) is 1. The normalized spacial score (nSPS) is 27.7. The van der Waals surface area contributed by atoms with E-state index in [1.165, 1.54) is 0 Å². The third-order valence-electron chi connectivity index (χ3n) is 5.29. The van der Waals surface area contributed by atoms with Gasteiger partial charge in [0.1, 0.15) is 5.78 Å². The molecule has 102 valence electrons. The fourth-order valence-electron chi connectivity index (χ4n) is 5.00. The summed E-state index contributed by atoms with van der Waals surface area (Å²) < 4.78 is 0. The molecule has 2 unspecified atom stereocenters. The van der Waals surface area contributed by atoms with Crippen molar-refractivity contribution in [3.8, 4) is 6.07 Å². The topological polar surface area (TPSA) is 40.9 Å². The van der Waals surface area contributed by atoms with Crippen LogP contribution in [0.1, 0.15) is 54.9 Å². The Hall–Kier alpha value is -0.623. The van der Waals surface area contributed by atoms with Crippen LogP contribution >= 0.6 is 0 Å². The molecule has 0 aromatic heterocycles. The van der Waals surface area contributed by atoms with E-state index < -0.39 is 8.07 Å². The molecule has 1 saturated carbocycles. The Morgan fingerprint density at radius 1 is 1.17 bits per heavy atom. The highest BCUT2D eigenvalue weighted by Gasteiger charge is 2.72. The Bertz CT molecular complexity index is 359. The van der Waals surface area contributed by atoms with Crippen molar-refractivity contribution in [3.63, 3.8) is 0 Å². The standard InChI is InChI=1S/C15H27NOSi/c1-10(2)18(11(3)4,12(5)6)15(9-16)8-14(15)13(7)17/h10-12,14H,8H2,1-7H3. The van der Waals surface area contributed by atoms with Crippen LogP contribution in [0.25, 0.3) is 0 Å². The predicted molar refractivity (Wildman–Crippen MR) is 78.1 cm³/mol. The molecule has 0 aromatic carbocycles. The van der Waals surface area contributed by atoms with Gasteiger partial charge in [-0.25, -0.2) is 0 Å². The summed E-state index contributed by atoms with van der Waals surface area (Å²) >= 11 is 0. The average molecular weight is 265 g/mol. The van der Waals surface area contributed by atoms with Crippen LogP contribution < -0.4 is 0 Å². The molecule has 0 spiro atoms. The molecular weight excluding hydrogens is 238 g/mol.